The number of hydrogen-bond acceptors (Lipinski definition) is 8. The van der Waals surface area contributed by atoms with Gasteiger partial charge in [-0.25, -0.2) is 9.78 Å². The number of carboxylic acids is 1. The molecule has 0 radical (unpaired) electrons. The van der Waals surface area contributed by atoms with Gasteiger partial charge < -0.3 is 19.5 Å². The Hall–Kier alpha value is -4.42. The number of ether oxygens (including phenoxy) is 2. The molecule has 0 bridgehead atoms. The monoisotopic (exact) mass is 667 g/mol. The van der Waals surface area contributed by atoms with Gasteiger partial charge in [0.1, 0.15) is 16.5 Å². The molecule has 248 valence electrons. The molecule has 47 heavy (non-hydrogen) atoms. The van der Waals surface area contributed by atoms with Crippen molar-refractivity contribution in [3.05, 3.63) is 94.0 Å². The average molecular weight is 668 g/mol. The maximum atomic E-state index is 13.3. The first kappa shape index (κ1) is 33.9. The molecule has 1 aromatic heterocycles. The fourth-order valence-corrected chi connectivity index (χ4v) is 6.44. The van der Waals surface area contributed by atoms with Crippen molar-refractivity contribution in [3.63, 3.8) is 0 Å². The lowest BCUT2D eigenvalue weighted by Crippen LogP contribution is -2.46. The van der Waals surface area contributed by atoms with Crippen LogP contribution in [0.3, 0.4) is 0 Å². The number of thiazole rings is 1. The zero-order chi connectivity index (χ0) is 33.7. The Morgan fingerprint density at radius 3 is 2.28 bits per heavy atom. The summed E-state index contributed by atoms with van der Waals surface area (Å²) >= 11 is 1.40. The summed E-state index contributed by atoms with van der Waals surface area (Å²) in [6.07, 6.45) is -4.82. The molecular weight excluding hydrogens is 631 g/mol. The quantitative estimate of drug-likeness (QED) is 0.160. The number of anilines is 1. The summed E-state index contributed by atoms with van der Waals surface area (Å²) in [6, 6.07) is 17.9. The summed E-state index contributed by atoms with van der Waals surface area (Å²) in [6.45, 7) is 6.99. The van der Waals surface area contributed by atoms with Crippen LogP contribution in [-0.2, 0) is 23.9 Å². The molecule has 8 nitrogen and oxygen atoms in total. The Kier molecular flexibility index (Phi) is 10.5. The number of piperazine rings is 1. The fraction of sp³-hybridized carbons (Fsp3) is 0.343. The van der Waals surface area contributed by atoms with Crippen molar-refractivity contribution in [3.8, 4) is 22.1 Å². The number of halogens is 3. The predicted molar refractivity (Wildman–Crippen MR) is 175 cm³/mol. The molecule has 1 fully saturated rings. The van der Waals surface area contributed by atoms with Gasteiger partial charge in [-0.15, -0.1) is 11.3 Å². The number of methoxy groups -OCH3 is 1. The Bertz CT molecular complexity index is 1700. The summed E-state index contributed by atoms with van der Waals surface area (Å²) in [5.74, 6) is 0.0287. The minimum atomic E-state index is -4.43. The zero-order valence-electron chi connectivity index (χ0n) is 26.3. The maximum absolute atomic E-state index is 13.3. The van der Waals surface area contributed by atoms with E-state index in [1.807, 2.05) is 24.3 Å². The molecule has 0 spiro atoms. The van der Waals surface area contributed by atoms with Crippen molar-refractivity contribution in [2.45, 2.75) is 45.5 Å². The van der Waals surface area contributed by atoms with E-state index in [1.165, 1.54) is 30.4 Å². The highest BCUT2D eigenvalue weighted by Crippen LogP contribution is 2.34. The standard InChI is InChI=1S/C35H36F3N3O5S/c1-22-20-25(6-14-31(22)46-23(2)34(43)44)30(42)13-15-32-29(39-33(47-32)24-4-7-26(8-5-24)35(36,37)38)21-40-16-18-41(19-17-40)27-9-11-28(45-3)12-10-27/h4-12,14,20,23H,13,15-19,21H2,1-3H3,(H,43,44). The number of nitrogens with zero attached hydrogens (tertiary/aromatic N) is 3. The Morgan fingerprint density at radius 1 is 1.00 bits per heavy atom. The number of aryl methyl sites for hydroxylation is 2. The number of hydrogen-bond donors (Lipinski definition) is 1. The van der Waals surface area contributed by atoms with Gasteiger partial charge in [0.25, 0.3) is 0 Å². The smallest absolute Gasteiger partial charge is 0.416 e. The van der Waals surface area contributed by atoms with E-state index in [0.717, 1.165) is 60.3 Å². The van der Waals surface area contributed by atoms with Crippen molar-refractivity contribution in [1.29, 1.82) is 0 Å². The van der Waals surface area contributed by atoms with Crippen LogP contribution in [0.4, 0.5) is 18.9 Å². The van der Waals surface area contributed by atoms with Crippen molar-refractivity contribution < 1.29 is 37.3 Å². The van der Waals surface area contributed by atoms with E-state index < -0.39 is 23.8 Å². The molecule has 1 unspecified atom stereocenters. The molecule has 1 saturated heterocycles. The number of benzene rings is 3. The van der Waals surface area contributed by atoms with Gasteiger partial charge in [0.15, 0.2) is 11.9 Å². The first-order chi connectivity index (χ1) is 22.4. The number of aliphatic carboxylic acids is 1. The molecule has 1 aliphatic heterocycles. The van der Waals surface area contributed by atoms with Crippen LogP contribution in [0.1, 0.15) is 45.4 Å². The number of carboxylic acid groups (broad SMARTS) is 1. The van der Waals surface area contributed by atoms with E-state index >= 15 is 0 Å². The van der Waals surface area contributed by atoms with Gasteiger partial charge in [-0.05, 0) is 80.4 Å². The van der Waals surface area contributed by atoms with E-state index in [4.69, 9.17) is 19.6 Å². The third kappa shape index (κ3) is 8.49. The highest BCUT2D eigenvalue weighted by Gasteiger charge is 2.30. The van der Waals surface area contributed by atoms with Crippen LogP contribution in [0.25, 0.3) is 10.6 Å². The van der Waals surface area contributed by atoms with Gasteiger partial charge in [-0.2, -0.15) is 13.2 Å². The van der Waals surface area contributed by atoms with Crippen molar-refractivity contribution in [1.82, 2.24) is 9.88 Å². The minimum Gasteiger partial charge on any atom is -0.497 e. The van der Waals surface area contributed by atoms with Crippen LogP contribution in [0.2, 0.25) is 0 Å². The second kappa shape index (κ2) is 14.6. The molecule has 12 heteroatoms. The number of rotatable bonds is 12. The lowest BCUT2D eigenvalue weighted by atomic mass is 10.0. The number of Topliss-reactive ketones (excluding diaryl/α,β-unsaturated/α-hetero) is 1. The molecule has 2 heterocycles. The summed E-state index contributed by atoms with van der Waals surface area (Å²) in [4.78, 5) is 34.8. The average Bonchev–Trinajstić information content (AvgIpc) is 3.46. The summed E-state index contributed by atoms with van der Waals surface area (Å²) in [5, 5.41) is 9.75. The van der Waals surface area contributed by atoms with Gasteiger partial charge in [-0.1, -0.05) is 12.1 Å². The van der Waals surface area contributed by atoms with Crippen molar-refractivity contribution >= 4 is 28.8 Å². The molecule has 0 saturated carbocycles. The second-order valence-corrected chi connectivity index (χ2v) is 12.5. The van der Waals surface area contributed by atoms with Gasteiger partial charge in [-0.3, -0.25) is 9.69 Å². The normalized spacial score (nSPS) is 14.6. The van der Waals surface area contributed by atoms with E-state index in [2.05, 4.69) is 9.80 Å². The third-order valence-corrected chi connectivity index (χ3v) is 9.35. The Morgan fingerprint density at radius 2 is 1.68 bits per heavy atom. The van der Waals surface area contributed by atoms with Crippen LogP contribution >= 0.6 is 11.3 Å². The van der Waals surface area contributed by atoms with Crippen LogP contribution in [0, 0.1) is 6.92 Å². The van der Waals surface area contributed by atoms with Gasteiger partial charge in [0.05, 0.1) is 18.4 Å². The summed E-state index contributed by atoms with van der Waals surface area (Å²) in [5.41, 5.74) is 2.95. The van der Waals surface area contributed by atoms with E-state index in [0.29, 0.717) is 40.4 Å². The van der Waals surface area contributed by atoms with E-state index in [-0.39, 0.29) is 12.2 Å². The summed E-state index contributed by atoms with van der Waals surface area (Å²) < 4.78 is 50.3. The van der Waals surface area contributed by atoms with Crippen LogP contribution in [0.5, 0.6) is 11.5 Å². The number of carbonyl (C=O) groups is 2. The fourth-order valence-electron chi connectivity index (χ4n) is 5.36. The van der Waals surface area contributed by atoms with Gasteiger partial charge in [0, 0.05) is 60.8 Å². The lowest BCUT2D eigenvalue weighted by molar-refractivity contribution is -0.144. The zero-order valence-corrected chi connectivity index (χ0v) is 27.2. The molecule has 3 aromatic carbocycles. The summed E-state index contributed by atoms with van der Waals surface area (Å²) in [7, 11) is 1.64. The molecule has 5 rings (SSSR count). The lowest BCUT2D eigenvalue weighted by Gasteiger charge is -2.36. The molecule has 0 amide bonds. The Balaban J connectivity index is 1.30. The van der Waals surface area contributed by atoms with E-state index in [9.17, 15) is 22.8 Å². The first-order valence-corrected chi connectivity index (χ1v) is 16.0. The number of alkyl halides is 3. The molecule has 0 aliphatic carbocycles. The molecule has 4 aromatic rings. The van der Waals surface area contributed by atoms with Crippen LogP contribution in [-0.4, -0.2) is 66.1 Å². The van der Waals surface area contributed by atoms with Gasteiger partial charge >= 0.3 is 12.1 Å². The SMILES string of the molecule is COc1ccc(N2CCN(Cc3nc(-c4ccc(C(F)(F)F)cc4)sc3CCC(=O)c3ccc(OC(C)C(=O)O)c(C)c3)CC2)cc1. The molecule has 1 aliphatic rings. The highest BCUT2D eigenvalue weighted by atomic mass is 32.1. The minimum absolute atomic E-state index is 0.0885. The number of carbonyl (C=O) groups excluding carboxylic acids is 1. The predicted octanol–water partition coefficient (Wildman–Crippen LogP) is 7.14. The molecular formula is C35H36F3N3O5S. The van der Waals surface area contributed by atoms with E-state index in [1.54, 1.807) is 32.2 Å². The molecule has 1 atom stereocenters. The molecule has 1 N–H and O–H groups in total. The number of aromatic nitrogens is 1. The number of ketones is 1. The van der Waals surface area contributed by atoms with Crippen LogP contribution < -0.4 is 14.4 Å². The largest absolute Gasteiger partial charge is 0.497 e. The highest BCUT2D eigenvalue weighted by molar-refractivity contribution is 7.15. The topological polar surface area (TPSA) is 92.2 Å². The second-order valence-electron chi connectivity index (χ2n) is 11.4. The Labute approximate surface area is 275 Å². The van der Waals surface area contributed by atoms with Gasteiger partial charge in [0.2, 0.25) is 0 Å². The van der Waals surface area contributed by atoms with Crippen LogP contribution in [0.15, 0.2) is 66.7 Å². The van der Waals surface area contributed by atoms with Crippen molar-refractivity contribution in [2.24, 2.45) is 0 Å². The van der Waals surface area contributed by atoms with Crippen molar-refractivity contribution in [2.75, 3.05) is 38.2 Å². The first-order valence-electron chi connectivity index (χ1n) is 15.2. The third-order valence-electron chi connectivity index (χ3n) is 8.15. The maximum Gasteiger partial charge on any atom is 0.416 e.